The number of ether oxygens (including phenoxy) is 1. The van der Waals surface area contributed by atoms with Gasteiger partial charge < -0.3 is 10.1 Å². The Hall–Kier alpha value is -2.03. The highest BCUT2D eigenvalue weighted by atomic mass is 32.2. The fourth-order valence-electron chi connectivity index (χ4n) is 2.38. The van der Waals surface area contributed by atoms with Crippen LogP contribution in [0.5, 0.6) is 5.75 Å². The Labute approximate surface area is 164 Å². The molecule has 6 nitrogen and oxygen atoms in total. The van der Waals surface area contributed by atoms with Gasteiger partial charge in [-0.3, -0.25) is 4.79 Å². The first-order valence-corrected chi connectivity index (χ1v) is 11.2. The molecule has 0 aliphatic rings. The zero-order valence-electron chi connectivity index (χ0n) is 15.4. The van der Waals surface area contributed by atoms with Crippen LogP contribution in [0, 0.1) is 0 Å². The zero-order chi connectivity index (χ0) is 19.7. The molecule has 2 aromatic carbocycles. The van der Waals surface area contributed by atoms with Crippen LogP contribution in [0.4, 0.5) is 0 Å². The van der Waals surface area contributed by atoms with Crippen LogP contribution in [-0.2, 0) is 15.8 Å². The van der Waals surface area contributed by atoms with Crippen LogP contribution >= 0.6 is 11.8 Å². The van der Waals surface area contributed by atoms with Crippen molar-refractivity contribution in [1.29, 1.82) is 0 Å². The summed E-state index contributed by atoms with van der Waals surface area (Å²) in [5.74, 6) is 1.43. The summed E-state index contributed by atoms with van der Waals surface area (Å²) in [6, 6.07) is 14.3. The fourth-order valence-corrected chi connectivity index (χ4v) is 4.39. The number of hydrogen-bond acceptors (Lipinski definition) is 5. The van der Waals surface area contributed by atoms with Crippen LogP contribution in [0.15, 0.2) is 53.4 Å². The van der Waals surface area contributed by atoms with Crippen molar-refractivity contribution in [1.82, 2.24) is 10.0 Å². The molecule has 2 N–H and O–H groups in total. The van der Waals surface area contributed by atoms with Gasteiger partial charge in [0, 0.05) is 24.6 Å². The van der Waals surface area contributed by atoms with Crippen molar-refractivity contribution in [2.24, 2.45) is 0 Å². The number of sulfonamides is 1. The van der Waals surface area contributed by atoms with E-state index < -0.39 is 10.0 Å². The molecule has 2 aromatic rings. The third kappa shape index (κ3) is 6.27. The molecule has 0 spiro atoms. The van der Waals surface area contributed by atoms with E-state index in [1.807, 2.05) is 30.3 Å². The molecule has 146 valence electrons. The molecular formula is C19H24N2O4S2. The monoisotopic (exact) mass is 408 g/mol. The minimum absolute atomic E-state index is 0.0395. The number of nitrogens with one attached hydrogen (secondary N) is 2. The van der Waals surface area contributed by atoms with E-state index in [-0.39, 0.29) is 16.4 Å². The number of rotatable bonds is 10. The van der Waals surface area contributed by atoms with Gasteiger partial charge >= 0.3 is 0 Å². The standard InChI is InChI=1S/C19H24N2O4S2/c1-3-20-19(22)17-13-16(9-10-18(17)25-2)27(23,24)21-11-12-26-14-15-7-5-4-6-8-15/h4-10,13,21H,3,11-12,14H2,1-2H3,(H,20,22). The number of benzene rings is 2. The number of carbonyl (C=O) groups is 1. The van der Waals surface area contributed by atoms with E-state index in [1.54, 1.807) is 18.7 Å². The maximum absolute atomic E-state index is 12.5. The van der Waals surface area contributed by atoms with Gasteiger partial charge in [-0.05, 0) is 30.7 Å². The van der Waals surface area contributed by atoms with Gasteiger partial charge in [0.1, 0.15) is 5.75 Å². The Balaban J connectivity index is 1.97. The van der Waals surface area contributed by atoms with Crippen LogP contribution in [0.3, 0.4) is 0 Å². The molecule has 0 aliphatic carbocycles. The molecule has 0 bridgehead atoms. The summed E-state index contributed by atoms with van der Waals surface area (Å²) < 4.78 is 32.7. The van der Waals surface area contributed by atoms with E-state index >= 15 is 0 Å². The van der Waals surface area contributed by atoms with Crippen molar-refractivity contribution < 1.29 is 17.9 Å². The van der Waals surface area contributed by atoms with Gasteiger partial charge in [0.25, 0.3) is 5.91 Å². The molecule has 27 heavy (non-hydrogen) atoms. The smallest absolute Gasteiger partial charge is 0.255 e. The summed E-state index contributed by atoms with van der Waals surface area (Å²) in [6.07, 6.45) is 0. The topological polar surface area (TPSA) is 84.5 Å². The molecule has 0 aromatic heterocycles. The molecule has 0 atom stereocenters. The highest BCUT2D eigenvalue weighted by Gasteiger charge is 2.19. The van der Waals surface area contributed by atoms with Crippen LogP contribution in [-0.4, -0.2) is 40.3 Å². The quantitative estimate of drug-likeness (QED) is 0.591. The van der Waals surface area contributed by atoms with E-state index in [9.17, 15) is 13.2 Å². The predicted molar refractivity (Wildman–Crippen MR) is 109 cm³/mol. The average molecular weight is 409 g/mol. The van der Waals surface area contributed by atoms with Gasteiger partial charge in [-0.1, -0.05) is 30.3 Å². The molecular weight excluding hydrogens is 384 g/mol. The Morgan fingerprint density at radius 3 is 2.56 bits per heavy atom. The van der Waals surface area contributed by atoms with Gasteiger partial charge in [0.05, 0.1) is 17.6 Å². The SMILES string of the molecule is CCNC(=O)c1cc(S(=O)(=O)NCCSCc2ccccc2)ccc1OC. The fraction of sp³-hybridized carbons (Fsp3) is 0.316. The second-order valence-electron chi connectivity index (χ2n) is 5.66. The Bertz CT molecular complexity index is 855. The number of thioether (sulfide) groups is 1. The van der Waals surface area contributed by atoms with Gasteiger partial charge in [0.2, 0.25) is 10.0 Å². The van der Waals surface area contributed by atoms with Crippen LogP contribution in [0.1, 0.15) is 22.8 Å². The number of hydrogen-bond donors (Lipinski definition) is 2. The second kappa shape index (κ2) is 10.3. The van der Waals surface area contributed by atoms with Crippen molar-refractivity contribution in [2.75, 3.05) is 26.0 Å². The summed E-state index contributed by atoms with van der Waals surface area (Å²) in [5.41, 5.74) is 1.40. The lowest BCUT2D eigenvalue weighted by atomic mass is 10.2. The summed E-state index contributed by atoms with van der Waals surface area (Å²) in [6.45, 7) is 2.54. The Kier molecular flexibility index (Phi) is 8.15. The van der Waals surface area contributed by atoms with Crippen molar-refractivity contribution in [3.05, 3.63) is 59.7 Å². The lowest BCUT2D eigenvalue weighted by molar-refractivity contribution is 0.0952. The largest absolute Gasteiger partial charge is 0.496 e. The number of methoxy groups -OCH3 is 1. The van der Waals surface area contributed by atoms with Crippen LogP contribution < -0.4 is 14.8 Å². The molecule has 0 saturated carbocycles. The molecule has 0 heterocycles. The third-order valence-electron chi connectivity index (χ3n) is 3.71. The van der Waals surface area contributed by atoms with Crippen molar-refractivity contribution in [3.63, 3.8) is 0 Å². The number of carbonyl (C=O) groups excluding carboxylic acids is 1. The maximum Gasteiger partial charge on any atom is 0.255 e. The predicted octanol–water partition coefficient (Wildman–Crippen LogP) is 2.66. The molecule has 8 heteroatoms. The van der Waals surface area contributed by atoms with Crippen molar-refractivity contribution in [2.45, 2.75) is 17.6 Å². The molecule has 0 aliphatic heterocycles. The average Bonchev–Trinajstić information content (AvgIpc) is 2.68. The van der Waals surface area contributed by atoms with Gasteiger partial charge in [-0.25, -0.2) is 13.1 Å². The minimum atomic E-state index is -3.70. The first-order valence-electron chi connectivity index (χ1n) is 8.55. The summed E-state index contributed by atoms with van der Waals surface area (Å²) in [7, 11) is -2.26. The lowest BCUT2D eigenvalue weighted by Crippen LogP contribution is -2.27. The third-order valence-corrected chi connectivity index (χ3v) is 6.20. The second-order valence-corrected chi connectivity index (χ2v) is 8.53. The summed E-state index contributed by atoms with van der Waals surface area (Å²) in [5, 5.41) is 2.65. The van der Waals surface area contributed by atoms with Gasteiger partial charge in [0.15, 0.2) is 0 Å². The van der Waals surface area contributed by atoms with E-state index in [0.29, 0.717) is 24.6 Å². The molecule has 0 fully saturated rings. The Morgan fingerprint density at radius 1 is 1.15 bits per heavy atom. The van der Waals surface area contributed by atoms with Crippen molar-refractivity contribution in [3.8, 4) is 5.75 Å². The molecule has 0 unspecified atom stereocenters. The zero-order valence-corrected chi connectivity index (χ0v) is 17.0. The highest BCUT2D eigenvalue weighted by Crippen LogP contribution is 2.22. The molecule has 1 amide bonds. The maximum atomic E-state index is 12.5. The van der Waals surface area contributed by atoms with Crippen molar-refractivity contribution >= 4 is 27.7 Å². The van der Waals surface area contributed by atoms with E-state index in [1.165, 1.54) is 30.9 Å². The first kappa shape index (κ1) is 21.3. The van der Waals surface area contributed by atoms with E-state index in [4.69, 9.17) is 4.74 Å². The van der Waals surface area contributed by atoms with Crippen LogP contribution in [0.2, 0.25) is 0 Å². The first-order chi connectivity index (χ1) is 13.0. The molecule has 2 rings (SSSR count). The lowest BCUT2D eigenvalue weighted by Gasteiger charge is -2.12. The summed E-state index contributed by atoms with van der Waals surface area (Å²) in [4.78, 5) is 12.2. The molecule has 0 saturated heterocycles. The highest BCUT2D eigenvalue weighted by molar-refractivity contribution is 7.98. The van der Waals surface area contributed by atoms with E-state index in [2.05, 4.69) is 10.0 Å². The Morgan fingerprint density at radius 2 is 1.89 bits per heavy atom. The van der Waals surface area contributed by atoms with Crippen LogP contribution in [0.25, 0.3) is 0 Å². The van der Waals surface area contributed by atoms with E-state index in [0.717, 1.165) is 5.75 Å². The molecule has 0 radical (unpaired) electrons. The normalized spacial score (nSPS) is 11.2. The minimum Gasteiger partial charge on any atom is -0.496 e. The van der Waals surface area contributed by atoms with Gasteiger partial charge in [-0.2, -0.15) is 11.8 Å². The number of amides is 1. The van der Waals surface area contributed by atoms with Gasteiger partial charge in [-0.15, -0.1) is 0 Å². The summed E-state index contributed by atoms with van der Waals surface area (Å²) >= 11 is 1.65.